The Hall–Kier alpha value is -2.26. The molecule has 1 aromatic carbocycles. The van der Waals surface area contributed by atoms with E-state index >= 15 is 0 Å². The van der Waals surface area contributed by atoms with Crippen LogP contribution in [0, 0.1) is 0 Å². The Labute approximate surface area is 174 Å². The van der Waals surface area contributed by atoms with Crippen LogP contribution in [0.25, 0.3) is 0 Å². The summed E-state index contributed by atoms with van der Waals surface area (Å²) in [4.78, 5) is 26.7. The van der Waals surface area contributed by atoms with E-state index in [4.69, 9.17) is 22.1 Å². The Morgan fingerprint density at radius 3 is 2.59 bits per heavy atom. The summed E-state index contributed by atoms with van der Waals surface area (Å²) in [7, 11) is 0. The van der Waals surface area contributed by atoms with Gasteiger partial charge in [0.05, 0.1) is 28.4 Å². The fraction of sp³-hybridized carbons (Fsp3) is 0.368. The molecule has 1 aliphatic rings. The number of hydrogen-bond acceptors (Lipinski definition) is 4. The molecule has 0 saturated heterocycles. The zero-order valence-corrected chi connectivity index (χ0v) is 17.0. The minimum absolute atomic E-state index is 0.0991. The molecule has 0 unspecified atom stereocenters. The highest BCUT2D eigenvalue weighted by Crippen LogP contribution is 2.45. The van der Waals surface area contributed by atoms with Crippen LogP contribution in [-0.2, 0) is 23.8 Å². The van der Waals surface area contributed by atoms with Gasteiger partial charge >= 0.3 is 18.2 Å². The number of rotatable bonds is 4. The van der Waals surface area contributed by atoms with E-state index in [0.717, 1.165) is 57.7 Å². The van der Waals surface area contributed by atoms with Gasteiger partial charge < -0.3 is 10.5 Å². The topological polar surface area (TPSA) is 72.6 Å². The molecule has 10 heteroatoms. The average molecular weight is 447 g/mol. The number of esters is 1. The Kier molecular flexibility index (Phi) is 6.09. The summed E-state index contributed by atoms with van der Waals surface area (Å²) in [6, 6.07) is 1.57. The predicted molar refractivity (Wildman–Crippen MR) is 105 cm³/mol. The highest BCUT2D eigenvalue weighted by Gasteiger charge is 2.35. The maximum absolute atomic E-state index is 13.2. The first-order valence-electron chi connectivity index (χ1n) is 8.93. The van der Waals surface area contributed by atoms with Crippen LogP contribution >= 0.6 is 22.9 Å². The number of benzene rings is 1. The van der Waals surface area contributed by atoms with Crippen LogP contribution in [0.15, 0.2) is 18.2 Å². The van der Waals surface area contributed by atoms with E-state index in [-0.39, 0.29) is 27.9 Å². The predicted octanol–water partition coefficient (Wildman–Crippen LogP) is 5.69. The quantitative estimate of drug-likeness (QED) is 0.613. The number of primary amides is 1. The highest BCUT2D eigenvalue weighted by atomic mass is 35.5. The standard InChI is InChI=1S/C19H18ClF3N2O3S/c1-2-28-17(26)15-11-5-3-4-6-14(11)29-16(15)25(18(24)27)13-9-10(19(21,22)23)7-8-12(13)20/h7-9H,2-6H2,1H3,(H2,24,27). The minimum Gasteiger partial charge on any atom is -0.462 e. The number of amides is 2. The van der Waals surface area contributed by atoms with Gasteiger partial charge in [-0.05, 0) is 56.4 Å². The molecule has 2 aromatic rings. The monoisotopic (exact) mass is 446 g/mol. The molecule has 3 rings (SSSR count). The Morgan fingerprint density at radius 1 is 1.28 bits per heavy atom. The third-order valence-electron chi connectivity index (χ3n) is 4.57. The number of fused-ring (bicyclic) bond motifs is 1. The number of nitrogens with two attached hydrogens (primary N) is 1. The summed E-state index contributed by atoms with van der Waals surface area (Å²) in [6.07, 6.45) is -1.55. The van der Waals surface area contributed by atoms with Crippen LogP contribution in [0.1, 0.15) is 46.1 Å². The van der Waals surface area contributed by atoms with Crippen molar-refractivity contribution in [2.75, 3.05) is 11.5 Å². The van der Waals surface area contributed by atoms with E-state index in [2.05, 4.69) is 0 Å². The summed E-state index contributed by atoms with van der Waals surface area (Å²) < 4.78 is 44.8. The molecular weight excluding hydrogens is 429 g/mol. The van der Waals surface area contributed by atoms with Crippen LogP contribution in [-0.4, -0.2) is 18.6 Å². The van der Waals surface area contributed by atoms with Gasteiger partial charge in [-0.25, -0.2) is 9.59 Å². The van der Waals surface area contributed by atoms with Gasteiger partial charge in [0.15, 0.2) is 0 Å². The van der Waals surface area contributed by atoms with Gasteiger partial charge in [-0.3, -0.25) is 4.90 Å². The SMILES string of the molecule is CCOC(=O)c1c(N(C(N)=O)c2cc(C(F)(F)F)ccc2Cl)sc2c1CCCC2. The first-order valence-corrected chi connectivity index (χ1v) is 10.1. The lowest BCUT2D eigenvalue weighted by atomic mass is 9.95. The molecule has 0 fully saturated rings. The van der Waals surface area contributed by atoms with Gasteiger partial charge in [-0.2, -0.15) is 13.2 Å². The molecule has 0 saturated carbocycles. The fourth-order valence-electron chi connectivity index (χ4n) is 3.31. The lowest BCUT2D eigenvalue weighted by Crippen LogP contribution is -2.32. The van der Waals surface area contributed by atoms with E-state index in [1.54, 1.807) is 6.92 Å². The number of halogens is 4. The van der Waals surface area contributed by atoms with Gasteiger partial charge in [0.25, 0.3) is 0 Å². The van der Waals surface area contributed by atoms with Crippen molar-refractivity contribution < 1.29 is 27.5 Å². The zero-order chi connectivity index (χ0) is 21.3. The summed E-state index contributed by atoms with van der Waals surface area (Å²) in [5.41, 5.74) is 5.23. The number of urea groups is 1. The van der Waals surface area contributed by atoms with E-state index < -0.39 is 23.7 Å². The molecule has 5 nitrogen and oxygen atoms in total. The molecule has 2 amide bonds. The van der Waals surface area contributed by atoms with Crippen LogP contribution in [0.3, 0.4) is 0 Å². The summed E-state index contributed by atoms with van der Waals surface area (Å²) in [5, 5.41) is 0.0297. The minimum atomic E-state index is -4.64. The normalized spacial score (nSPS) is 13.7. The van der Waals surface area contributed by atoms with Crippen LogP contribution < -0.4 is 10.6 Å². The number of nitrogens with zero attached hydrogens (tertiary/aromatic N) is 1. The molecule has 0 bridgehead atoms. The van der Waals surface area contributed by atoms with Gasteiger partial charge in [0.1, 0.15) is 5.00 Å². The second kappa shape index (κ2) is 8.23. The molecule has 0 spiro atoms. The summed E-state index contributed by atoms with van der Waals surface area (Å²) >= 11 is 7.28. The largest absolute Gasteiger partial charge is 0.462 e. The summed E-state index contributed by atoms with van der Waals surface area (Å²) in [5.74, 6) is -0.642. The molecule has 0 atom stereocenters. The van der Waals surface area contributed by atoms with E-state index in [1.807, 2.05) is 0 Å². The number of aryl methyl sites for hydroxylation is 1. The number of anilines is 2. The first-order chi connectivity index (χ1) is 13.6. The summed E-state index contributed by atoms with van der Waals surface area (Å²) in [6.45, 7) is 1.76. The first kappa shape index (κ1) is 21.4. The van der Waals surface area contributed by atoms with Gasteiger partial charge in [0.2, 0.25) is 0 Å². The number of carbonyl (C=O) groups is 2. The highest BCUT2D eigenvalue weighted by molar-refractivity contribution is 7.17. The molecule has 1 aromatic heterocycles. The van der Waals surface area contributed by atoms with E-state index in [9.17, 15) is 22.8 Å². The van der Waals surface area contributed by atoms with Crippen LogP contribution in [0.2, 0.25) is 5.02 Å². The van der Waals surface area contributed by atoms with Gasteiger partial charge in [-0.15, -0.1) is 11.3 Å². The van der Waals surface area contributed by atoms with Crippen LogP contribution in [0.5, 0.6) is 0 Å². The third-order valence-corrected chi connectivity index (χ3v) is 6.17. The maximum Gasteiger partial charge on any atom is 0.416 e. The number of alkyl halides is 3. The molecule has 2 N–H and O–H groups in total. The smallest absolute Gasteiger partial charge is 0.416 e. The number of carbonyl (C=O) groups excluding carboxylic acids is 2. The molecule has 1 heterocycles. The number of hydrogen-bond donors (Lipinski definition) is 1. The molecule has 0 radical (unpaired) electrons. The lowest BCUT2D eigenvalue weighted by Gasteiger charge is -2.23. The van der Waals surface area contributed by atoms with Crippen molar-refractivity contribution in [3.05, 3.63) is 44.8 Å². The molecule has 0 aliphatic heterocycles. The molecule has 156 valence electrons. The Balaban J connectivity index is 2.23. The fourth-order valence-corrected chi connectivity index (χ4v) is 4.91. The van der Waals surface area contributed by atoms with Crippen molar-refractivity contribution >= 4 is 45.6 Å². The van der Waals surface area contributed by atoms with Crippen molar-refractivity contribution in [1.82, 2.24) is 0 Å². The average Bonchev–Trinajstić information content (AvgIpc) is 3.01. The number of thiophene rings is 1. The van der Waals surface area contributed by atoms with Gasteiger partial charge in [-0.1, -0.05) is 11.6 Å². The third kappa shape index (κ3) is 4.20. The Morgan fingerprint density at radius 2 is 1.97 bits per heavy atom. The van der Waals surface area contributed by atoms with Crippen LogP contribution in [0.4, 0.5) is 28.7 Å². The lowest BCUT2D eigenvalue weighted by molar-refractivity contribution is -0.137. The maximum atomic E-state index is 13.2. The molecule has 1 aliphatic carbocycles. The Bertz CT molecular complexity index is 959. The molecular formula is C19H18ClF3N2O3S. The van der Waals surface area contributed by atoms with Crippen molar-refractivity contribution in [3.8, 4) is 0 Å². The second-order valence-electron chi connectivity index (χ2n) is 6.45. The van der Waals surface area contributed by atoms with Crippen molar-refractivity contribution in [2.45, 2.75) is 38.8 Å². The zero-order valence-electron chi connectivity index (χ0n) is 15.4. The number of ether oxygens (including phenoxy) is 1. The van der Waals surface area contributed by atoms with Crippen molar-refractivity contribution in [3.63, 3.8) is 0 Å². The van der Waals surface area contributed by atoms with E-state index in [0.29, 0.717) is 12.8 Å². The van der Waals surface area contributed by atoms with E-state index in [1.165, 1.54) is 0 Å². The second-order valence-corrected chi connectivity index (χ2v) is 7.94. The molecule has 29 heavy (non-hydrogen) atoms. The van der Waals surface area contributed by atoms with Crippen molar-refractivity contribution in [2.24, 2.45) is 5.73 Å². The van der Waals surface area contributed by atoms with Crippen molar-refractivity contribution in [1.29, 1.82) is 0 Å². The van der Waals surface area contributed by atoms with Gasteiger partial charge in [0, 0.05) is 4.88 Å².